The van der Waals surface area contributed by atoms with Crippen LogP contribution >= 0.6 is 0 Å². The number of anilines is 2. The number of nitrogens with one attached hydrogen (secondary N) is 2. The zero-order valence-corrected chi connectivity index (χ0v) is 21.6. The zero-order chi connectivity index (χ0) is 27.6. The topological polar surface area (TPSA) is 140 Å². The number of carbonyl (C=O) groups excluding carboxylic acids is 2. The highest BCUT2D eigenvalue weighted by Crippen LogP contribution is 2.26. The first-order chi connectivity index (χ1) is 18.0. The number of carbonyl (C=O) groups is 2. The van der Waals surface area contributed by atoms with E-state index >= 15 is 0 Å². The van der Waals surface area contributed by atoms with Gasteiger partial charge in [0, 0.05) is 41.2 Å². The quantitative estimate of drug-likeness (QED) is 0.256. The smallest absolute Gasteiger partial charge is 0.271 e. The molecule has 11 heteroatoms. The van der Waals surface area contributed by atoms with Gasteiger partial charge in [-0.1, -0.05) is 18.2 Å². The lowest BCUT2D eigenvalue weighted by Gasteiger charge is -2.15. The van der Waals surface area contributed by atoms with Gasteiger partial charge in [0.1, 0.15) is 0 Å². The van der Waals surface area contributed by atoms with Crippen LogP contribution in [-0.2, 0) is 9.84 Å². The number of aryl methyl sites for hydroxylation is 1. The van der Waals surface area contributed by atoms with Crippen LogP contribution in [0.3, 0.4) is 0 Å². The molecular weight excluding hydrogens is 508 g/mol. The molecule has 0 unspecified atom stereocenters. The van der Waals surface area contributed by atoms with Gasteiger partial charge >= 0.3 is 0 Å². The molecule has 0 fully saturated rings. The Kier molecular flexibility index (Phi) is 7.13. The summed E-state index contributed by atoms with van der Waals surface area (Å²) in [4.78, 5) is 36.9. The Balaban J connectivity index is 1.63. The van der Waals surface area contributed by atoms with E-state index in [0.29, 0.717) is 33.9 Å². The lowest BCUT2D eigenvalue weighted by Crippen LogP contribution is -2.17. The van der Waals surface area contributed by atoms with Crippen molar-refractivity contribution in [3.63, 3.8) is 0 Å². The predicted molar refractivity (Wildman–Crippen MR) is 144 cm³/mol. The number of benzene rings is 3. The summed E-state index contributed by atoms with van der Waals surface area (Å²) < 4.78 is 25.1. The van der Waals surface area contributed by atoms with E-state index in [0.717, 1.165) is 6.26 Å². The van der Waals surface area contributed by atoms with Crippen molar-refractivity contribution in [1.82, 2.24) is 4.57 Å². The number of nitro groups is 1. The molecule has 2 amide bonds. The average Bonchev–Trinajstić information content (AvgIpc) is 3.17. The van der Waals surface area contributed by atoms with E-state index < -0.39 is 26.6 Å². The van der Waals surface area contributed by atoms with Crippen molar-refractivity contribution in [2.45, 2.75) is 18.7 Å². The molecule has 0 aliphatic rings. The van der Waals surface area contributed by atoms with Crippen molar-refractivity contribution in [3.05, 3.63) is 111 Å². The van der Waals surface area contributed by atoms with E-state index in [-0.39, 0.29) is 16.3 Å². The van der Waals surface area contributed by atoms with Gasteiger partial charge in [0.05, 0.1) is 26.6 Å². The number of amides is 2. The third-order valence-electron chi connectivity index (χ3n) is 5.92. The van der Waals surface area contributed by atoms with Crippen molar-refractivity contribution in [1.29, 1.82) is 0 Å². The Morgan fingerprint density at radius 2 is 1.45 bits per heavy atom. The molecule has 0 radical (unpaired) electrons. The summed E-state index contributed by atoms with van der Waals surface area (Å²) in [5.74, 6) is -0.861. The summed E-state index contributed by atoms with van der Waals surface area (Å²) in [6, 6.07) is 20.1. The van der Waals surface area contributed by atoms with E-state index in [1.807, 2.05) is 0 Å². The third kappa shape index (κ3) is 5.47. The number of rotatable bonds is 7. The van der Waals surface area contributed by atoms with Crippen LogP contribution in [0.5, 0.6) is 0 Å². The van der Waals surface area contributed by atoms with Crippen molar-refractivity contribution < 1.29 is 22.9 Å². The second kappa shape index (κ2) is 10.3. The molecule has 0 aliphatic carbocycles. The number of non-ortho nitro benzene ring substituents is 1. The maximum Gasteiger partial charge on any atom is 0.271 e. The molecule has 0 bridgehead atoms. The molecule has 0 saturated heterocycles. The largest absolute Gasteiger partial charge is 0.322 e. The molecule has 0 atom stereocenters. The molecule has 194 valence electrons. The molecule has 2 N–H and O–H groups in total. The van der Waals surface area contributed by atoms with E-state index in [9.17, 15) is 28.1 Å². The molecule has 1 aromatic heterocycles. The summed E-state index contributed by atoms with van der Waals surface area (Å²) in [5, 5.41) is 16.6. The first-order valence-corrected chi connectivity index (χ1v) is 13.3. The van der Waals surface area contributed by atoms with Gasteiger partial charge in [-0.05, 0) is 62.4 Å². The molecule has 38 heavy (non-hydrogen) atoms. The fraction of sp³-hybridized carbons (Fsp3) is 0.111. The van der Waals surface area contributed by atoms with Gasteiger partial charge in [0.15, 0.2) is 9.84 Å². The monoisotopic (exact) mass is 532 g/mol. The van der Waals surface area contributed by atoms with Gasteiger partial charge in [-0.25, -0.2) is 8.42 Å². The Morgan fingerprint density at radius 3 is 2.11 bits per heavy atom. The van der Waals surface area contributed by atoms with Crippen LogP contribution in [-0.4, -0.2) is 36.0 Å². The Bertz CT molecular complexity index is 1670. The van der Waals surface area contributed by atoms with Crippen LogP contribution in [0.25, 0.3) is 5.69 Å². The zero-order valence-electron chi connectivity index (χ0n) is 20.8. The fourth-order valence-electron chi connectivity index (χ4n) is 4.10. The molecule has 0 aliphatic heterocycles. The van der Waals surface area contributed by atoms with Crippen LogP contribution in [0.4, 0.5) is 17.1 Å². The first-order valence-electron chi connectivity index (χ1n) is 11.4. The fourth-order valence-corrected chi connectivity index (χ4v) is 4.73. The van der Waals surface area contributed by atoms with Crippen molar-refractivity contribution in [3.8, 4) is 5.69 Å². The van der Waals surface area contributed by atoms with Crippen LogP contribution in [0.15, 0.2) is 83.8 Å². The van der Waals surface area contributed by atoms with Crippen molar-refractivity contribution in [2.75, 3.05) is 16.9 Å². The second-order valence-electron chi connectivity index (χ2n) is 8.65. The standard InChI is InChI=1S/C27H24N4O6S/c1-17-15-24(27(33)28-19-11-13-22(14-12-19)38(3,36)37)18(2)30(17)25-10-5-4-9-23(25)26(32)29-20-7-6-8-21(16-20)31(34)35/h4-16H,1-3H3,(H,28,33)(H,29,32). The van der Waals surface area contributed by atoms with Crippen LogP contribution < -0.4 is 10.6 Å². The molecule has 4 aromatic rings. The number of para-hydroxylation sites is 1. The van der Waals surface area contributed by atoms with Gasteiger partial charge in [-0.3, -0.25) is 19.7 Å². The predicted octanol–water partition coefficient (Wildman–Crippen LogP) is 4.91. The number of nitro benzene ring substituents is 1. The van der Waals surface area contributed by atoms with Gasteiger partial charge < -0.3 is 15.2 Å². The lowest BCUT2D eigenvalue weighted by molar-refractivity contribution is -0.384. The Morgan fingerprint density at radius 1 is 0.816 bits per heavy atom. The lowest BCUT2D eigenvalue weighted by atomic mass is 10.1. The summed E-state index contributed by atoms with van der Waals surface area (Å²) in [6.45, 7) is 3.56. The van der Waals surface area contributed by atoms with E-state index in [4.69, 9.17) is 0 Å². The summed E-state index contributed by atoms with van der Waals surface area (Å²) in [6.07, 6.45) is 1.11. The van der Waals surface area contributed by atoms with E-state index in [1.54, 1.807) is 54.8 Å². The minimum Gasteiger partial charge on any atom is -0.322 e. The number of sulfone groups is 1. The second-order valence-corrected chi connectivity index (χ2v) is 10.7. The van der Waals surface area contributed by atoms with Gasteiger partial charge in [-0.2, -0.15) is 0 Å². The van der Waals surface area contributed by atoms with Gasteiger partial charge in [0.2, 0.25) is 0 Å². The molecule has 3 aromatic carbocycles. The minimum absolute atomic E-state index is 0.144. The number of hydrogen-bond acceptors (Lipinski definition) is 6. The first kappa shape index (κ1) is 26.3. The summed E-state index contributed by atoms with van der Waals surface area (Å²) in [7, 11) is -3.36. The Hall–Kier alpha value is -4.77. The van der Waals surface area contributed by atoms with Gasteiger partial charge in [0.25, 0.3) is 17.5 Å². The number of hydrogen-bond donors (Lipinski definition) is 2. The highest BCUT2D eigenvalue weighted by Gasteiger charge is 2.21. The van der Waals surface area contributed by atoms with Crippen molar-refractivity contribution >= 4 is 38.7 Å². The molecule has 0 saturated carbocycles. The van der Waals surface area contributed by atoms with Crippen LogP contribution in [0.2, 0.25) is 0 Å². The van der Waals surface area contributed by atoms with E-state index in [1.165, 1.54) is 42.5 Å². The summed E-state index contributed by atoms with van der Waals surface area (Å²) >= 11 is 0. The Labute approximate surface area is 219 Å². The molecular formula is C27H24N4O6S. The molecule has 0 spiro atoms. The number of aromatic nitrogens is 1. The van der Waals surface area contributed by atoms with Crippen LogP contribution in [0.1, 0.15) is 32.1 Å². The minimum atomic E-state index is -3.36. The molecule has 1 heterocycles. The normalized spacial score (nSPS) is 11.1. The molecule has 4 rings (SSSR count). The van der Waals surface area contributed by atoms with E-state index in [2.05, 4.69) is 10.6 Å². The van der Waals surface area contributed by atoms with Crippen molar-refractivity contribution in [2.24, 2.45) is 0 Å². The highest BCUT2D eigenvalue weighted by atomic mass is 32.2. The maximum absolute atomic E-state index is 13.2. The van der Waals surface area contributed by atoms with Crippen LogP contribution in [0, 0.1) is 24.0 Å². The van der Waals surface area contributed by atoms with Gasteiger partial charge in [-0.15, -0.1) is 0 Å². The third-order valence-corrected chi connectivity index (χ3v) is 7.05. The molecule has 10 nitrogen and oxygen atoms in total. The average molecular weight is 533 g/mol. The SMILES string of the molecule is Cc1cc(C(=O)Nc2ccc(S(C)(=O)=O)cc2)c(C)n1-c1ccccc1C(=O)Nc1cccc([N+](=O)[O-])c1. The maximum atomic E-state index is 13.2. The number of nitrogens with zero attached hydrogens (tertiary/aromatic N) is 2. The highest BCUT2D eigenvalue weighted by molar-refractivity contribution is 7.90. The summed E-state index contributed by atoms with van der Waals surface area (Å²) in [5.41, 5.74) is 3.08.